The summed E-state index contributed by atoms with van der Waals surface area (Å²) in [5.74, 6) is 0. The van der Waals surface area contributed by atoms with E-state index in [1.54, 1.807) is 24.3 Å². The van der Waals surface area contributed by atoms with Crippen molar-refractivity contribution in [1.82, 2.24) is 9.55 Å². The van der Waals surface area contributed by atoms with Crippen molar-refractivity contribution >= 4 is 23.2 Å². The Bertz CT molecular complexity index is 702. The molecule has 4 nitrogen and oxygen atoms in total. The zero-order valence-corrected chi connectivity index (χ0v) is 11.8. The lowest BCUT2D eigenvalue weighted by Gasteiger charge is -2.08. The van der Waals surface area contributed by atoms with Crippen molar-refractivity contribution in [3.05, 3.63) is 66.4 Å². The zero-order chi connectivity index (χ0) is 14.0. The number of hydrogen-bond acceptors (Lipinski definition) is 2. The number of halogens is 2. The number of benzene rings is 1. The number of nitrogens with one attached hydrogen (secondary N) is 1. The first kappa shape index (κ1) is 13.9. The van der Waals surface area contributed by atoms with Crippen LogP contribution >= 0.6 is 23.2 Å². The largest absolute Gasteiger partial charge is 0.329 e. The minimum Gasteiger partial charge on any atom is -0.297 e. The van der Waals surface area contributed by atoms with Gasteiger partial charge in [0.25, 0.3) is 5.56 Å². The van der Waals surface area contributed by atoms with Gasteiger partial charge < -0.3 is 0 Å². The highest BCUT2D eigenvalue weighted by Gasteiger charge is 2.11. The Hall–Kier alpha value is -1.52. The van der Waals surface area contributed by atoms with E-state index < -0.39 is 5.69 Å². The maximum absolute atomic E-state index is 12.1. The second-order valence-electron chi connectivity index (χ2n) is 4.09. The molecule has 0 bridgehead atoms. The van der Waals surface area contributed by atoms with Gasteiger partial charge in [0.15, 0.2) is 0 Å². The van der Waals surface area contributed by atoms with E-state index in [0.29, 0.717) is 17.0 Å². The van der Waals surface area contributed by atoms with Gasteiger partial charge in [-0.25, -0.2) is 4.79 Å². The number of rotatable bonds is 3. The summed E-state index contributed by atoms with van der Waals surface area (Å²) in [7, 11) is 0. The molecule has 2 rings (SSSR count). The summed E-state index contributed by atoms with van der Waals surface area (Å²) >= 11 is 11.6. The van der Waals surface area contributed by atoms with Crippen LogP contribution in [0, 0.1) is 0 Å². The van der Waals surface area contributed by atoms with Gasteiger partial charge in [0.1, 0.15) is 5.15 Å². The van der Waals surface area contributed by atoms with Crippen LogP contribution in [0.5, 0.6) is 0 Å². The molecule has 1 aromatic heterocycles. The molecule has 2 aromatic rings. The smallest absolute Gasteiger partial charge is 0.297 e. The standard InChI is InChI=1S/C13H12Cl2N2O2/c1-2-10-11(15)16-13(19)17(12(10)18)7-8-3-5-9(14)6-4-8/h3-6H,2,7H2,1H3,(H,16,19). The average Bonchev–Trinajstić information content (AvgIpc) is 2.37. The van der Waals surface area contributed by atoms with E-state index in [2.05, 4.69) is 4.98 Å². The third kappa shape index (κ3) is 2.91. The second-order valence-corrected chi connectivity index (χ2v) is 4.91. The first-order valence-electron chi connectivity index (χ1n) is 5.79. The molecule has 1 heterocycles. The van der Waals surface area contributed by atoms with Crippen LogP contribution in [0.4, 0.5) is 0 Å². The maximum atomic E-state index is 12.1. The van der Waals surface area contributed by atoms with Crippen LogP contribution in [-0.2, 0) is 13.0 Å². The van der Waals surface area contributed by atoms with Gasteiger partial charge in [-0.15, -0.1) is 0 Å². The minimum absolute atomic E-state index is 0.116. The van der Waals surface area contributed by atoms with Crippen molar-refractivity contribution in [3.63, 3.8) is 0 Å². The van der Waals surface area contributed by atoms with Gasteiger partial charge in [-0.1, -0.05) is 42.3 Å². The van der Waals surface area contributed by atoms with Crippen LogP contribution in [0.1, 0.15) is 18.1 Å². The number of aromatic amines is 1. The van der Waals surface area contributed by atoms with Crippen LogP contribution in [0.3, 0.4) is 0 Å². The Kier molecular flexibility index (Phi) is 4.12. The molecule has 0 amide bonds. The van der Waals surface area contributed by atoms with Gasteiger partial charge in [0.05, 0.1) is 12.1 Å². The molecule has 0 unspecified atom stereocenters. The average molecular weight is 299 g/mol. The Morgan fingerprint density at radius 3 is 2.37 bits per heavy atom. The summed E-state index contributed by atoms with van der Waals surface area (Å²) in [5.41, 5.74) is 0.366. The second kappa shape index (κ2) is 5.63. The van der Waals surface area contributed by atoms with Crippen molar-refractivity contribution < 1.29 is 0 Å². The molecule has 0 saturated heterocycles. The fraction of sp³-hybridized carbons (Fsp3) is 0.231. The summed E-state index contributed by atoms with van der Waals surface area (Å²) < 4.78 is 1.13. The zero-order valence-electron chi connectivity index (χ0n) is 10.2. The molecule has 0 saturated carbocycles. The van der Waals surface area contributed by atoms with Gasteiger partial charge in [0.2, 0.25) is 0 Å². The van der Waals surface area contributed by atoms with E-state index in [-0.39, 0.29) is 17.3 Å². The molecule has 0 radical (unpaired) electrons. The van der Waals surface area contributed by atoms with E-state index >= 15 is 0 Å². The maximum Gasteiger partial charge on any atom is 0.329 e. The monoisotopic (exact) mass is 298 g/mol. The lowest BCUT2D eigenvalue weighted by atomic mass is 10.2. The van der Waals surface area contributed by atoms with Crippen LogP contribution in [0.25, 0.3) is 0 Å². The predicted molar refractivity (Wildman–Crippen MR) is 76.3 cm³/mol. The van der Waals surface area contributed by atoms with Crippen molar-refractivity contribution in [1.29, 1.82) is 0 Å². The van der Waals surface area contributed by atoms with Crippen molar-refractivity contribution in [2.45, 2.75) is 19.9 Å². The molecule has 19 heavy (non-hydrogen) atoms. The predicted octanol–water partition coefficient (Wildman–Crippen LogP) is 2.45. The Labute approximate surface area is 119 Å². The summed E-state index contributed by atoms with van der Waals surface area (Å²) in [6, 6.07) is 6.97. The topological polar surface area (TPSA) is 54.9 Å². The first-order chi connectivity index (χ1) is 9.02. The molecular formula is C13H12Cl2N2O2. The normalized spacial score (nSPS) is 10.7. The van der Waals surface area contributed by atoms with Crippen molar-refractivity contribution in [3.8, 4) is 0 Å². The minimum atomic E-state index is -0.512. The molecular weight excluding hydrogens is 287 g/mol. The summed E-state index contributed by atoms with van der Waals surface area (Å²) in [4.78, 5) is 26.4. The fourth-order valence-electron chi connectivity index (χ4n) is 1.81. The number of H-pyrrole nitrogens is 1. The highest BCUT2D eigenvalue weighted by atomic mass is 35.5. The van der Waals surface area contributed by atoms with Gasteiger partial charge in [0, 0.05) is 5.02 Å². The Morgan fingerprint density at radius 1 is 1.16 bits per heavy atom. The molecule has 1 aromatic carbocycles. The van der Waals surface area contributed by atoms with Crippen molar-refractivity contribution in [2.75, 3.05) is 0 Å². The SMILES string of the molecule is CCc1c(Cl)[nH]c(=O)n(Cc2ccc(Cl)cc2)c1=O. The van der Waals surface area contributed by atoms with E-state index in [1.807, 2.05) is 6.92 Å². The molecule has 0 aliphatic carbocycles. The van der Waals surface area contributed by atoms with Crippen LogP contribution in [-0.4, -0.2) is 9.55 Å². The highest BCUT2D eigenvalue weighted by molar-refractivity contribution is 6.30. The Balaban J connectivity index is 2.49. The van der Waals surface area contributed by atoms with Gasteiger partial charge in [-0.3, -0.25) is 14.3 Å². The molecule has 100 valence electrons. The molecule has 0 aliphatic heterocycles. The Morgan fingerprint density at radius 2 is 1.79 bits per heavy atom. The first-order valence-corrected chi connectivity index (χ1v) is 6.54. The number of hydrogen-bond donors (Lipinski definition) is 1. The van der Waals surface area contributed by atoms with Gasteiger partial charge >= 0.3 is 5.69 Å². The fourth-order valence-corrected chi connectivity index (χ4v) is 2.23. The third-order valence-electron chi connectivity index (χ3n) is 2.84. The molecule has 6 heteroatoms. The van der Waals surface area contributed by atoms with E-state index in [1.165, 1.54) is 0 Å². The summed E-state index contributed by atoms with van der Waals surface area (Å²) in [6.45, 7) is 2.00. The van der Waals surface area contributed by atoms with E-state index in [0.717, 1.165) is 10.1 Å². The lowest BCUT2D eigenvalue weighted by molar-refractivity contribution is 0.686. The third-order valence-corrected chi connectivity index (χ3v) is 3.41. The van der Waals surface area contributed by atoms with E-state index in [4.69, 9.17) is 23.2 Å². The van der Waals surface area contributed by atoms with Gasteiger partial charge in [-0.2, -0.15) is 0 Å². The van der Waals surface area contributed by atoms with Crippen LogP contribution in [0.15, 0.2) is 33.9 Å². The van der Waals surface area contributed by atoms with Crippen LogP contribution in [0.2, 0.25) is 10.2 Å². The summed E-state index contributed by atoms with van der Waals surface area (Å²) in [5, 5.41) is 0.722. The molecule has 0 atom stereocenters. The molecule has 0 aliphatic rings. The van der Waals surface area contributed by atoms with Gasteiger partial charge in [-0.05, 0) is 24.1 Å². The quantitative estimate of drug-likeness (QED) is 0.885. The summed E-state index contributed by atoms with van der Waals surface area (Å²) in [6.07, 6.45) is 0.467. The molecule has 1 N–H and O–H groups in total. The molecule has 0 spiro atoms. The number of aromatic nitrogens is 2. The molecule has 0 fully saturated rings. The highest BCUT2D eigenvalue weighted by Crippen LogP contribution is 2.10. The van der Waals surface area contributed by atoms with Crippen molar-refractivity contribution in [2.24, 2.45) is 0 Å². The van der Waals surface area contributed by atoms with Crippen LogP contribution < -0.4 is 11.2 Å². The lowest BCUT2D eigenvalue weighted by Crippen LogP contribution is -2.37. The van der Waals surface area contributed by atoms with E-state index in [9.17, 15) is 9.59 Å². The number of nitrogens with zero attached hydrogens (tertiary/aromatic N) is 1.